The first kappa shape index (κ1) is 21.2. The van der Waals surface area contributed by atoms with Crippen LogP contribution in [0.1, 0.15) is 5.56 Å². The standard InChI is InChI=1S/C15H16F5N3O.ClH/c1-10-6-11(12-7-22-23(8-12)5-4-21)2-3-13(10)24-9-14(16,17)15(18,19)20;/h2-3,6-8H,4-5,9,21H2,1H3;1H. The molecule has 10 heteroatoms. The third-order valence-corrected chi connectivity index (χ3v) is 3.32. The molecular weight excluding hydrogens is 369 g/mol. The number of hydrogen-bond acceptors (Lipinski definition) is 3. The van der Waals surface area contributed by atoms with Gasteiger partial charge in [0.2, 0.25) is 0 Å². The number of rotatable bonds is 6. The fraction of sp³-hybridized carbons (Fsp3) is 0.400. The maximum Gasteiger partial charge on any atom is 0.456 e. The van der Waals surface area contributed by atoms with E-state index in [1.807, 2.05) is 0 Å². The molecule has 0 aliphatic rings. The Morgan fingerprint density at radius 3 is 2.40 bits per heavy atom. The molecule has 0 aliphatic carbocycles. The summed E-state index contributed by atoms with van der Waals surface area (Å²) in [6, 6.07) is 4.56. The van der Waals surface area contributed by atoms with E-state index in [4.69, 9.17) is 5.73 Å². The van der Waals surface area contributed by atoms with E-state index in [-0.39, 0.29) is 18.2 Å². The molecule has 0 unspecified atom stereocenters. The summed E-state index contributed by atoms with van der Waals surface area (Å²) >= 11 is 0. The van der Waals surface area contributed by atoms with Crippen molar-refractivity contribution in [3.8, 4) is 16.9 Å². The molecule has 25 heavy (non-hydrogen) atoms. The number of aromatic nitrogens is 2. The Labute approximate surface area is 147 Å². The topological polar surface area (TPSA) is 53.1 Å². The second-order valence-corrected chi connectivity index (χ2v) is 5.25. The van der Waals surface area contributed by atoms with Crippen molar-refractivity contribution < 1.29 is 26.7 Å². The molecule has 1 aromatic carbocycles. The van der Waals surface area contributed by atoms with Gasteiger partial charge in [-0.15, -0.1) is 12.4 Å². The van der Waals surface area contributed by atoms with E-state index >= 15 is 0 Å². The molecule has 0 bridgehead atoms. The normalized spacial score (nSPS) is 12.0. The lowest BCUT2D eigenvalue weighted by Crippen LogP contribution is -2.41. The molecule has 0 fully saturated rings. The van der Waals surface area contributed by atoms with E-state index in [0.29, 0.717) is 18.7 Å². The number of benzene rings is 1. The quantitative estimate of drug-likeness (QED) is 0.769. The highest BCUT2D eigenvalue weighted by Crippen LogP contribution is 2.36. The van der Waals surface area contributed by atoms with E-state index in [1.54, 1.807) is 36.1 Å². The lowest BCUT2D eigenvalue weighted by molar-refractivity contribution is -0.290. The average molecular weight is 386 g/mol. The van der Waals surface area contributed by atoms with Crippen molar-refractivity contribution in [2.24, 2.45) is 5.73 Å². The molecule has 0 atom stereocenters. The van der Waals surface area contributed by atoms with Crippen LogP contribution >= 0.6 is 12.4 Å². The average Bonchev–Trinajstić information content (AvgIpc) is 2.94. The lowest BCUT2D eigenvalue weighted by atomic mass is 10.1. The smallest absolute Gasteiger partial charge is 0.456 e. The van der Waals surface area contributed by atoms with E-state index < -0.39 is 18.7 Å². The van der Waals surface area contributed by atoms with Crippen LogP contribution in [0, 0.1) is 6.92 Å². The second kappa shape index (κ2) is 8.01. The second-order valence-electron chi connectivity index (χ2n) is 5.25. The van der Waals surface area contributed by atoms with Gasteiger partial charge in [-0.3, -0.25) is 4.68 Å². The Morgan fingerprint density at radius 2 is 1.84 bits per heavy atom. The zero-order valence-electron chi connectivity index (χ0n) is 13.2. The van der Waals surface area contributed by atoms with Gasteiger partial charge in [-0.1, -0.05) is 6.07 Å². The summed E-state index contributed by atoms with van der Waals surface area (Å²) in [6.45, 7) is 0.785. The lowest BCUT2D eigenvalue weighted by Gasteiger charge is -2.20. The third-order valence-electron chi connectivity index (χ3n) is 3.32. The van der Waals surface area contributed by atoms with Crippen molar-refractivity contribution in [1.29, 1.82) is 0 Å². The number of halogens is 6. The van der Waals surface area contributed by atoms with E-state index in [9.17, 15) is 22.0 Å². The first-order valence-electron chi connectivity index (χ1n) is 7.05. The van der Waals surface area contributed by atoms with E-state index in [1.165, 1.54) is 6.07 Å². The summed E-state index contributed by atoms with van der Waals surface area (Å²) < 4.78 is 68.5. The highest BCUT2D eigenvalue weighted by atomic mass is 35.5. The van der Waals surface area contributed by atoms with Crippen molar-refractivity contribution in [1.82, 2.24) is 9.78 Å². The van der Waals surface area contributed by atoms with Crippen LogP contribution in [0.5, 0.6) is 5.75 Å². The molecule has 1 heterocycles. The molecule has 0 amide bonds. The minimum atomic E-state index is -5.64. The summed E-state index contributed by atoms with van der Waals surface area (Å²) in [5.74, 6) is -4.93. The Balaban J connectivity index is 0.00000312. The van der Waals surface area contributed by atoms with Gasteiger partial charge >= 0.3 is 12.1 Å². The minimum absolute atomic E-state index is 0. The van der Waals surface area contributed by atoms with Gasteiger partial charge in [-0.2, -0.15) is 27.1 Å². The van der Waals surface area contributed by atoms with Crippen molar-refractivity contribution in [3.05, 3.63) is 36.2 Å². The molecule has 2 rings (SSSR count). The molecule has 0 saturated carbocycles. The number of alkyl halides is 5. The Hall–Kier alpha value is -1.87. The Bertz CT molecular complexity index is 703. The summed E-state index contributed by atoms with van der Waals surface area (Å²) in [4.78, 5) is 0. The van der Waals surface area contributed by atoms with Crippen LogP contribution < -0.4 is 10.5 Å². The van der Waals surface area contributed by atoms with Crippen LogP contribution in [-0.4, -0.2) is 35.0 Å². The number of hydrogen-bond donors (Lipinski definition) is 1. The Kier molecular flexibility index (Phi) is 6.78. The predicted molar refractivity (Wildman–Crippen MR) is 85.2 cm³/mol. The highest BCUT2D eigenvalue weighted by Gasteiger charge is 2.58. The van der Waals surface area contributed by atoms with Crippen LogP contribution in [0.25, 0.3) is 11.1 Å². The van der Waals surface area contributed by atoms with Crippen molar-refractivity contribution in [3.63, 3.8) is 0 Å². The molecule has 2 aromatic rings. The van der Waals surface area contributed by atoms with Gasteiger partial charge in [0.25, 0.3) is 0 Å². The zero-order chi connectivity index (χ0) is 18.0. The zero-order valence-corrected chi connectivity index (χ0v) is 14.0. The number of nitrogens with two attached hydrogens (primary N) is 1. The molecule has 0 spiro atoms. The van der Waals surface area contributed by atoms with Crippen LogP contribution in [0.2, 0.25) is 0 Å². The van der Waals surface area contributed by atoms with Gasteiger partial charge in [-0.05, 0) is 30.2 Å². The number of nitrogens with zero attached hydrogens (tertiary/aromatic N) is 2. The molecule has 4 nitrogen and oxygen atoms in total. The molecule has 0 radical (unpaired) electrons. The SMILES string of the molecule is Cc1cc(-c2cnn(CCN)c2)ccc1OCC(F)(F)C(F)(F)F.Cl. The molecule has 0 aliphatic heterocycles. The van der Waals surface area contributed by atoms with Crippen LogP contribution in [0.3, 0.4) is 0 Å². The molecular formula is C15H17ClF5N3O. The van der Waals surface area contributed by atoms with Gasteiger partial charge in [-0.25, -0.2) is 0 Å². The highest BCUT2D eigenvalue weighted by molar-refractivity contribution is 5.85. The Morgan fingerprint density at radius 1 is 1.16 bits per heavy atom. The summed E-state index contributed by atoms with van der Waals surface area (Å²) in [5.41, 5.74) is 7.39. The summed E-state index contributed by atoms with van der Waals surface area (Å²) in [7, 11) is 0. The van der Waals surface area contributed by atoms with Crippen molar-refractivity contribution in [2.45, 2.75) is 25.6 Å². The first-order chi connectivity index (χ1) is 11.1. The summed E-state index contributed by atoms with van der Waals surface area (Å²) in [6.07, 6.45) is -2.26. The monoisotopic (exact) mass is 385 g/mol. The maximum absolute atomic E-state index is 12.9. The molecule has 1 aromatic heterocycles. The minimum Gasteiger partial charge on any atom is -0.487 e. The van der Waals surface area contributed by atoms with Gasteiger partial charge in [0, 0.05) is 18.3 Å². The molecule has 0 saturated heterocycles. The summed E-state index contributed by atoms with van der Waals surface area (Å²) in [5, 5.41) is 4.11. The molecule has 2 N–H and O–H groups in total. The first-order valence-corrected chi connectivity index (χ1v) is 7.05. The predicted octanol–water partition coefficient (Wildman–Crippen LogP) is 3.82. The number of aryl methyl sites for hydroxylation is 1. The molecule has 140 valence electrons. The number of ether oxygens (including phenoxy) is 1. The third kappa shape index (κ3) is 5.05. The van der Waals surface area contributed by atoms with Crippen LogP contribution in [0.4, 0.5) is 22.0 Å². The van der Waals surface area contributed by atoms with Crippen molar-refractivity contribution >= 4 is 12.4 Å². The van der Waals surface area contributed by atoms with Gasteiger partial charge in [0.15, 0.2) is 6.61 Å². The van der Waals surface area contributed by atoms with Crippen LogP contribution in [0.15, 0.2) is 30.6 Å². The van der Waals surface area contributed by atoms with Gasteiger partial charge in [0.1, 0.15) is 5.75 Å². The van der Waals surface area contributed by atoms with Gasteiger partial charge in [0.05, 0.1) is 12.7 Å². The van der Waals surface area contributed by atoms with E-state index in [0.717, 1.165) is 11.1 Å². The fourth-order valence-corrected chi connectivity index (χ4v) is 2.01. The van der Waals surface area contributed by atoms with Gasteiger partial charge < -0.3 is 10.5 Å². The fourth-order valence-electron chi connectivity index (χ4n) is 2.01. The largest absolute Gasteiger partial charge is 0.487 e. The van der Waals surface area contributed by atoms with Crippen LogP contribution in [-0.2, 0) is 6.54 Å². The van der Waals surface area contributed by atoms with E-state index in [2.05, 4.69) is 9.84 Å². The maximum atomic E-state index is 12.9. The van der Waals surface area contributed by atoms with Crippen molar-refractivity contribution in [2.75, 3.05) is 13.2 Å².